The van der Waals surface area contributed by atoms with Crippen molar-refractivity contribution in [3.05, 3.63) is 46.3 Å². The Bertz CT molecular complexity index is 915. The fraction of sp³-hybridized carbons (Fsp3) is 0.312. The first kappa shape index (κ1) is 15.9. The van der Waals surface area contributed by atoms with Gasteiger partial charge in [0.05, 0.1) is 10.9 Å². The summed E-state index contributed by atoms with van der Waals surface area (Å²) in [5, 5.41) is 6.81. The normalized spacial score (nSPS) is 10.9. The minimum Gasteiger partial charge on any atom is -0.315 e. The van der Waals surface area contributed by atoms with Crippen molar-refractivity contribution in [2.45, 2.75) is 32.6 Å². The molecule has 3 rings (SSSR count). The summed E-state index contributed by atoms with van der Waals surface area (Å²) in [5.74, 6) is 0.894. The van der Waals surface area contributed by atoms with E-state index in [9.17, 15) is 9.59 Å². The Morgan fingerprint density at radius 2 is 2.12 bits per heavy atom. The molecule has 0 aliphatic carbocycles. The van der Waals surface area contributed by atoms with Gasteiger partial charge in [-0.1, -0.05) is 24.2 Å². The lowest BCUT2D eigenvalue weighted by Crippen LogP contribution is -2.14. The molecule has 24 heavy (non-hydrogen) atoms. The van der Waals surface area contributed by atoms with Crippen LogP contribution in [0.3, 0.4) is 0 Å². The minimum absolute atomic E-state index is 0.106. The fourth-order valence-electron chi connectivity index (χ4n) is 2.30. The predicted molar refractivity (Wildman–Crippen MR) is 87.6 cm³/mol. The van der Waals surface area contributed by atoms with Gasteiger partial charge < -0.3 is 9.51 Å². The molecule has 2 N–H and O–H groups in total. The summed E-state index contributed by atoms with van der Waals surface area (Å²) in [5.41, 5.74) is 0.483. The maximum atomic E-state index is 12.0. The third-order valence-electron chi connectivity index (χ3n) is 3.51. The van der Waals surface area contributed by atoms with Crippen LogP contribution in [0.25, 0.3) is 10.9 Å². The lowest BCUT2D eigenvalue weighted by atomic mass is 10.2. The Balaban J connectivity index is 1.56. The number of rotatable bonds is 6. The Morgan fingerprint density at radius 3 is 2.92 bits per heavy atom. The number of para-hydroxylation sites is 1. The number of anilines is 1. The van der Waals surface area contributed by atoms with E-state index in [1.54, 1.807) is 18.2 Å². The zero-order valence-electron chi connectivity index (χ0n) is 13.2. The maximum Gasteiger partial charge on any atom is 0.328 e. The highest BCUT2D eigenvalue weighted by molar-refractivity contribution is 5.88. The molecule has 0 aliphatic heterocycles. The lowest BCUT2D eigenvalue weighted by Gasteiger charge is -2.03. The van der Waals surface area contributed by atoms with Crippen molar-refractivity contribution in [2.75, 3.05) is 5.32 Å². The molecule has 0 saturated heterocycles. The van der Waals surface area contributed by atoms with E-state index in [1.807, 2.05) is 13.0 Å². The lowest BCUT2D eigenvalue weighted by molar-refractivity contribution is -0.116. The summed E-state index contributed by atoms with van der Waals surface area (Å²) in [6, 6.07) is 7.26. The summed E-state index contributed by atoms with van der Waals surface area (Å²) in [7, 11) is 0. The number of aromatic amines is 1. The number of hydrogen-bond acceptors (Lipinski definition) is 6. The number of hydrogen-bond donors (Lipinski definition) is 2. The van der Waals surface area contributed by atoms with E-state index < -0.39 is 0 Å². The van der Waals surface area contributed by atoms with Crippen LogP contribution in [0.2, 0.25) is 0 Å². The molecule has 0 aliphatic rings. The van der Waals surface area contributed by atoms with Crippen molar-refractivity contribution in [2.24, 2.45) is 0 Å². The smallest absolute Gasteiger partial charge is 0.315 e. The molecule has 8 nitrogen and oxygen atoms in total. The van der Waals surface area contributed by atoms with Crippen molar-refractivity contribution in [3.63, 3.8) is 0 Å². The second-order valence-corrected chi connectivity index (χ2v) is 5.30. The van der Waals surface area contributed by atoms with Gasteiger partial charge in [-0.25, -0.2) is 4.98 Å². The Hall–Kier alpha value is -3.03. The van der Waals surface area contributed by atoms with E-state index in [1.165, 1.54) is 0 Å². The third-order valence-corrected chi connectivity index (χ3v) is 3.51. The summed E-state index contributed by atoms with van der Waals surface area (Å²) in [4.78, 5) is 35.0. The molecular weight excluding hydrogens is 310 g/mol. The molecule has 0 fully saturated rings. The van der Waals surface area contributed by atoms with Gasteiger partial charge in [0.1, 0.15) is 5.82 Å². The van der Waals surface area contributed by atoms with Crippen LogP contribution in [0.4, 0.5) is 6.01 Å². The number of benzene rings is 1. The monoisotopic (exact) mass is 327 g/mol. The number of aromatic nitrogens is 4. The zero-order valence-corrected chi connectivity index (χ0v) is 13.2. The maximum absolute atomic E-state index is 12.0. The van der Waals surface area contributed by atoms with Gasteiger partial charge in [-0.2, -0.15) is 4.98 Å². The highest BCUT2D eigenvalue weighted by Gasteiger charge is 2.09. The molecule has 0 atom stereocenters. The molecule has 0 bridgehead atoms. The zero-order chi connectivity index (χ0) is 16.9. The summed E-state index contributed by atoms with van der Waals surface area (Å²) in [6.07, 6.45) is 1.94. The Morgan fingerprint density at radius 1 is 1.29 bits per heavy atom. The van der Waals surface area contributed by atoms with Gasteiger partial charge in [-0.15, -0.1) is 0 Å². The Kier molecular flexibility index (Phi) is 4.64. The van der Waals surface area contributed by atoms with Crippen LogP contribution in [-0.2, 0) is 17.6 Å². The molecule has 2 aromatic heterocycles. The average Bonchev–Trinajstić information content (AvgIpc) is 3.02. The molecule has 1 aromatic carbocycles. The molecule has 124 valence electrons. The molecule has 0 spiro atoms. The van der Waals surface area contributed by atoms with Gasteiger partial charge >= 0.3 is 6.01 Å². The third kappa shape index (κ3) is 3.65. The van der Waals surface area contributed by atoms with E-state index in [0.29, 0.717) is 41.8 Å². The topological polar surface area (TPSA) is 114 Å². The number of carbonyl (C=O) groups excluding carboxylic acids is 1. The Labute approximate surface area is 137 Å². The van der Waals surface area contributed by atoms with Gasteiger partial charge in [-0.3, -0.25) is 14.9 Å². The number of nitrogens with zero attached hydrogens (tertiary/aromatic N) is 3. The first-order valence-electron chi connectivity index (χ1n) is 7.76. The second-order valence-electron chi connectivity index (χ2n) is 5.30. The molecule has 0 unspecified atom stereocenters. The average molecular weight is 327 g/mol. The quantitative estimate of drug-likeness (QED) is 0.714. The molecule has 0 radical (unpaired) electrons. The number of nitrogens with one attached hydrogen (secondary N) is 2. The fourth-order valence-corrected chi connectivity index (χ4v) is 2.30. The van der Waals surface area contributed by atoms with Crippen LogP contribution in [0, 0.1) is 0 Å². The molecule has 8 heteroatoms. The van der Waals surface area contributed by atoms with E-state index >= 15 is 0 Å². The van der Waals surface area contributed by atoms with Gasteiger partial charge in [-0.05, 0) is 18.6 Å². The second kappa shape index (κ2) is 7.03. The largest absolute Gasteiger partial charge is 0.328 e. The van der Waals surface area contributed by atoms with E-state index in [2.05, 4.69) is 25.4 Å². The standard InChI is InChI=1S/C16H17N5O3/c1-2-12-19-16(24-21-12)20-14(22)9-5-8-13-17-11-7-4-3-6-10(11)15(23)18-13/h3-4,6-7H,2,5,8-9H2,1H3,(H,17,18,23)(H,19,20,21,22). The predicted octanol–water partition coefficient (Wildman–Crippen LogP) is 1.83. The molecule has 2 heterocycles. The number of amides is 1. The number of aryl methyl sites for hydroxylation is 2. The van der Waals surface area contributed by atoms with Crippen LogP contribution in [0.15, 0.2) is 33.6 Å². The van der Waals surface area contributed by atoms with Crippen LogP contribution in [-0.4, -0.2) is 26.0 Å². The van der Waals surface area contributed by atoms with Gasteiger partial charge in [0.2, 0.25) is 5.91 Å². The van der Waals surface area contributed by atoms with Crippen molar-refractivity contribution < 1.29 is 9.32 Å². The summed E-state index contributed by atoms with van der Waals surface area (Å²) < 4.78 is 4.90. The number of fused-ring (bicyclic) bond motifs is 1. The van der Waals surface area contributed by atoms with E-state index in [0.717, 1.165) is 0 Å². The highest BCUT2D eigenvalue weighted by atomic mass is 16.5. The molecular formula is C16H17N5O3. The van der Waals surface area contributed by atoms with Crippen molar-refractivity contribution in [1.29, 1.82) is 0 Å². The van der Waals surface area contributed by atoms with Crippen molar-refractivity contribution in [1.82, 2.24) is 20.1 Å². The van der Waals surface area contributed by atoms with Crippen LogP contribution >= 0.6 is 0 Å². The van der Waals surface area contributed by atoms with Crippen LogP contribution < -0.4 is 10.9 Å². The molecule has 1 amide bonds. The first-order chi connectivity index (χ1) is 11.7. The van der Waals surface area contributed by atoms with Gasteiger partial charge in [0, 0.05) is 19.3 Å². The van der Waals surface area contributed by atoms with E-state index in [-0.39, 0.29) is 23.9 Å². The SMILES string of the molecule is CCc1noc(NC(=O)CCCc2nc3ccccc3c(=O)[nH]2)n1. The summed E-state index contributed by atoms with van der Waals surface area (Å²) >= 11 is 0. The highest BCUT2D eigenvalue weighted by Crippen LogP contribution is 2.08. The first-order valence-corrected chi connectivity index (χ1v) is 7.76. The minimum atomic E-state index is -0.218. The van der Waals surface area contributed by atoms with Gasteiger partial charge in [0.15, 0.2) is 5.82 Å². The van der Waals surface area contributed by atoms with Crippen molar-refractivity contribution >= 4 is 22.8 Å². The molecule has 0 saturated carbocycles. The van der Waals surface area contributed by atoms with Gasteiger partial charge in [0.25, 0.3) is 5.56 Å². The number of carbonyl (C=O) groups is 1. The summed E-state index contributed by atoms with van der Waals surface area (Å²) in [6.45, 7) is 1.90. The van der Waals surface area contributed by atoms with Crippen LogP contribution in [0.5, 0.6) is 0 Å². The van der Waals surface area contributed by atoms with E-state index in [4.69, 9.17) is 4.52 Å². The molecule has 3 aromatic rings. The number of H-pyrrole nitrogens is 1. The van der Waals surface area contributed by atoms with Crippen LogP contribution in [0.1, 0.15) is 31.4 Å². The van der Waals surface area contributed by atoms with Crippen molar-refractivity contribution in [3.8, 4) is 0 Å².